The molecule has 6 rings (SSSR count). The fraction of sp³-hybridized carbons (Fsp3) is 0.484. The normalized spacial score (nSPS) is 20.0. The summed E-state index contributed by atoms with van der Waals surface area (Å²) in [7, 11) is 0. The maximum absolute atomic E-state index is 13.8. The highest BCUT2D eigenvalue weighted by atomic mass is 16.2. The molecule has 3 aliphatic heterocycles. The number of likely N-dealkylation sites (tertiary alicyclic amines) is 1. The summed E-state index contributed by atoms with van der Waals surface area (Å²) in [6.07, 6.45) is 4.52. The van der Waals surface area contributed by atoms with Gasteiger partial charge in [0.05, 0.1) is 11.7 Å². The third-order valence-corrected chi connectivity index (χ3v) is 8.70. The zero-order valence-corrected chi connectivity index (χ0v) is 24.1. The van der Waals surface area contributed by atoms with Gasteiger partial charge in [-0.25, -0.2) is 9.59 Å². The van der Waals surface area contributed by atoms with Gasteiger partial charge in [-0.3, -0.25) is 9.89 Å². The number of hydrogen-bond acceptors (Lipinski definition) is 4. The van der Waals surface area contributed by atoms with Crippen LogP contribution in [0.2, 0.25) is 0 Å². The largest absolute Gasteiger partial charge is 0.337 e. The van der Waals surface area contributed by atoms with Crippen LogP contribution in [0.5, 0.6) is 0 Å². The number of para-hydroxylation sites is 1. The number of nitrogens with zero attached hydrogens (tertiary/aromatic N) is 4. The first kappa shape index (κ1) is 27.1. The van der Waals surface area contributed by atoms with E-state index in [1.54, 1.807) is 4.90 Å². The summed E-state index contributed by atoms with van der Waals surface area (Å²) >= 11 is 0. The van der Waals surface area contributed by atoms with E-state index in [9.17, 15) is 14.4 Å². The number of H-pyrrole nitrogens is 1. The molecule has 0 unspecified atom stereocenters. The Bertz CT molecular complexity index is 1470. The molecular weight excluding hydrogens is 518 g/mol. The highest BCUT2D eigenvalue weighted by Crippen LogP contribution is 2.30. The molecule has 216 valence electrons. The average Bonchev–Trinajstić information content (AvgIpc) is 3.39. The predicted octanol–water partition coefficient (Wildman–Crippen LogP) is 4.47. The number of urea groups is 2. The lowest BCUT2D eigenvalue weighted by Gasteiger charge is -2.40. The Morgan fingerprint density at radius 2 is 1.83 bits per heavy atom. The number of aromatic amines is 1. The molecule has 0 bridgehead atoms. The van der Waals surface area contributed by atoms with E-state index in [0.29, 0.717) is 52.0 Å². The van der Waals surface area contributed by atoms with Crippen molar-refractivity contribution in [2.45, 2.75) is 71.6 Å². The van der Waals surface area contributed by atoms with Gasteiger partial charge in [-0.15, -0.1) is 0 Å². The maximum atomic E-state index is 13.8. The predicted molar refractivity (Wildman–Crippen MR) is 157 cm³/mol. The molecule has 3 N–H and O–H groups in total. The number of piperidine rings is 1. The van der Waals surface area contributed by atoms with Crippen LogP contribution in [-0.4, -0.2) is 74.6 Å². The molecule has 10 nitrogen and oxygen atoms in total. The Morgan fingerprint density at radius 1 is 1.05 bits per heavy atom. The van der Waals surface area contributed by atoms with Crippen LogP contribution in [0.4, 0.5) is 15.3 Å². The Kier molecular flexibility index (Phi) is 7.09. The van der Waals surface area contributed by atoms with E-state index in [2.05, 4.69) is 41.6 Å². The number of hydrogen-bond donors (Lipinski definition) is 3. The summed E-state index contributed by atoms with van der Waals surface area (Å²) in [5, 5.41) is 14.4. The summed E-state index contributed by atoms with van der Waals surface area (Å²) in [6, 6.07) is 11.0. The van der Waals surface area contributed by atoms with E-state index in [4.69, 9.17) is 0 Å². The molecule has 1 saturated heterocycles. The molecule has 2 aromatic carbocycles. The van der Waals surface area contributed by atoms with Gasteiger partial charge < -0.3 is 25.3 Å². The number of amides is 5. The standard InChI is InChI=1S/C31H39N7O3/c1-31(2,3)12-15-37-19-24-20(8-9-26-23(24)17-32-35-26)16-27(28(37)39)34-29(40)36-13-10-22(11-14-36)38-18-21-6-4-5-7-25(21)33-30(38)41/h4-9,17,22,27H,10-16,18-19H2,1-3H3,(H,32,35)(H,33,41)(H,34,40)/t27-/m1/s1. The molecule has 10 heteroatoms. The Hall–Kier alpha value is -4.08. The van der Waals surface area contributed by atoms with Crippen LogP contribution in [0.25, 0.3) is 10.9 Å². The van der Waals surface area contributed by atoms with Crippen LogP contribution in [0.15, 0.2) is 42.6 Å². The SMILES string of the molecule is CC(C)(C)CCN1Cc2c(ccc3[nH]ncc23)C[C@@H](NC(=O)N2CCC(N3Cc4ccccc4NC3=O)CC2)C1=O. The van der Waals surface area contributed by atoms with Crippen molar-refractivity contribution >= 4 is 34.6 Å². The highest BCUT2D eigenvalue weighted by Gasteiger charge is 2.36. The molecule has 0 saturated carbocycles. The molecule has 41 heavy (non-hydrogen) atoms. The van der Waals surface area contributed by atoms with Crippen molar-refractivity contribution in [1.29, 1.82) is 0 Å². The van der Waals surface area contributed by atoms with Crippen LogP contribution in [0.1, 0.15) is 56.7 Å². The molecule has 1 fully saturated rings. The lowest BCUT2D eigenvalue weighted by molar-refractivity contribution is -0.133. The van der Waals surface area contributed by atoms with Crippen LogP contribution in [0, 0.1) is 5.41 Å². The number of fused-ring (bicyclic) bond motifs is 4. The Morgan fingerprint density at radius 3 is 2.61 bits per heavy atom. The first-order valence-electron chi connectivity index (χ1n) is 14.6. The highest BCUT2D eigenvalue weighted by molar-refractivity contribution is 5.93. The summed E-state index contributed by atoms with van der Waals surface area (Å²) in [5.41, 5.74) is 5.15. The molecule has 0 spiro atoms. The molecule has 4 heterocycles. The second kappa shape index (κ2) is 10.7. The van der Waals surface area contributed by atoms with Gasteiger partial charge in [-0.05, 0) is 53.5 Å². The van der Waals surface area contributed by atoms with Crippen LogP contribution >= 0.6 is 0 Å². The molecule has 1 atom stereocenters. The Labute approximate surface area is 240 Å². The minimum atomic E-state index is -0.643. The van der Waals surface area contributed by atoms with Crippen molar-refractivity contribution in [1.82, 2.24) is 30.2 Å². The van der Waals surface area contributed by atoms with Crippen molar-refractivity contribution in [2.24, 2.45) is 5.41 Å². The molecule has 3 aromatic rings. The van der Waals surface area contributed by atoms with Crippen molar-refractivity contribution < 1.29 is 14.4 Å². The molecule has 0 aliphatic carbocycles. The van der Waals surface area contributed by atoms with E-state index >= 15 is 0 Å². The minimum absolute atomic E-state index is 0.0472. The summed E-state index contributed by atoms with van der Waals surface area (Å²) in [6.45, 7) is 9.27. The number of anilines is 1. The fourth-order valence-corrected chi connectivity index (χ4v) is 6.21. The smallest absolute Gasteiger partial charge is 0.322 e. The van der Waals surface area contributed by atoms with Crippen molar-refractivity contribution in [2.75, 3.05) is 25.0 Å². The zero-order chi connectivity index (χ0) is 28.7. The van der Waals surface area contributed by atoms with Crippen LogP contribution < -0.4 is 10.6 Å². The lowest BCUT2D eigenvalue weighted by Crippen LogP contribution is -2.56. The second-order valence-corrected chi connectivity index (χ2v) is 12.7. The summed E-state index contributed by atoms with van der Waals surface area (Å²) in [4.78, 5) is 45.7. The molecule has 3 aliphatic rings. The van der Waals surface area contributed by atoms with Gasteiger partial charge in [0.2, 0.25) is 5.91 Å². The number of aromatic nitrogens is 2. The molecule has 1 aromatic heterocycles. The Balaban J connectivity index is 1.14. The number of benzene rings is 2. The van der Waals surface area contributed by atoms with Gasteiger partial charge in [0.25, 0.3) is 0 Å². The van der Waals surface area contributed by atoms with Gasteiger partial charge >= 0.3 is 12.1 Å². The minimum Gasteiger partial charge on any atom is -0.337 e. The van der Waals surface area contributed by atoms with Gasteiger partial charge in [0.15, 0.2) is 0 Å². The van der Waals surface area contributed by atoms with Crippen molar-refractivity contribution in [3.63, 3.8) is 0 Å². The number of rotatable bonds is 4. The number of carbonyl (C=O) groups is 3. The topological polar surface area (TPSA) is 114 Å². The van der Waals surface area contributed by atoms with E-state index in [1.807, 2.05) is 52.4 Å². The van der Waals surface area contributed by atoms with Gasteiger partial charge in [0, 0.05) is 56.3 Å². The maximum Gasteiger partial charge on any atom is 0.322 e. The fourth-order valence-electron chi connectivity index (χ4n) is 6.21. The first-order chi connectivity index (χ1) is 19.7. The summed E-state index contributed by atoms with van der Waals surface area (Å²) in [5.74, 6) is -0.0472. The summed E-state index contributed by atoms with van der Waals surface area (Å²) < 4.78 is 0. The van der Waals surface area contributed by atoms with Gasteiger partial charge in [-0.2, -0.15) is 5.10 Å². The zero-order valence-electron chi connectivity index (χ0n) is 24.1. The van der Waals surface area contributed by atoms with Crippen molar-refractivity contribution in [3.05, 3.63) is 59.3 Å². The van der Waals surface area contributed by atoms with Gasteiger partial charge in [0.1, 0.15) is 6.04 Å². The molecular formula is C31H39N7O3. The molecule has 0 radical (unpaired) electrons. The number of nitrogens with one attached hydrogen (secondary N) is 3. The van der Waals surface area contributed by atoms with E-state index in [0.717, 1.165) is 39.7 Å². The van der Waals surface area contributed by atoms with E-state index < -0.39 is 6.04 Å². The van der Waals surface area contributed by atoms with E-state index in [1.165, 1.54) is 0 Å². The molecule has 5 amide bonds. The van der Waals surface area contributed by atoms with Crippen molar-refractivity contribution in [3.8, 4) is 0 Å². The quantitative estimate of drug-likeness (QED) is 0.439. The number of carbonyl (C=O) groups excluding carboxylic acids is 3. The lowest BCUT2D eigenvalue weighted by atomic mass is 9.92. The monoisotopic (exact) mass is 557 g/mol. The third-order valence-electron chi connectivity index (χ3n) is 8.70. The second-order valence-electron chi connectivity index (χ2n) is 12.7. The van der Waals surface area contributed by atoms with Crippen LogP contribution in [0.3, 0.4) is 0 Å². The third kappa shape index (κ3) is 5.60. The average molecular weight is 558 g/mol. The van der Waals surface area contributed by atoms with E-state index in [-0.39, 0.29) is 29.4 Å². The van der Waals surface area contributed by atoms with Gasteiger partial charge in [-0.1, -0.05) is 45.0 Å². The van der Waals surface area contributed by atoms with Crippen LogP contribution in [-0.2, 0) is 24.3 Å². The first-order valence-corrected chi connectivity index (χ1v) is 14.6.